The van der Waals surface area contributed by atoms with E-state index in [1.807, 2.05) is 13.8 Å². The van der Waals surface area contributed by atoms with E-state index in [1.165, 1.54) is 6.07 Å². The molecular formula is C18H14N2O3. The zero-order chi connectivity index (χ0) is 17.0. The van der Waals surface area contributed by atoms with Gasteiger partial charge in [-0.15, -0.1) is 0 Å². The molecule has 0 saturated heterocycles. The zero-order valence-electron chi connectivity index (χ0n) is 12.7. The number of aromatic carboxylic acids is 1. The number of aromatic nitrogens is 1. The lowest BCUT2D eigenvalue weighted by atomic mass is 10.0. The van der Waals surface area contributed by atoms with E-state index in [1.54, 1.807) is 18.2 Å². The fraction of sp³-hybridized carbons (Fsp3) is 0.167. The van der Waals surface area contributed by atoms with Gasteiger partial charge < -0.3 is 10.2 Å². The summed E-state index contributed by atoms with van der Waals surface area (Å²) >= 11 is 0. The Hall–Kier alpha value is -3.31. The largest absolute Gasteiger partial charge is 0.505 e. The van der Waals surface area contributed by atoms with Crippen molar-refractivity contribution in [2.75, 3.05) is 0 Å². The summed E-state index contributed by atoms with van der Waals surface area (Å²) in [6.07, 6.45) is 1.08. The van der Waals surface area contributed by atoms with Gasteiger partial charge in [-0.25, -0.2) is 4.79 Å². The van der Waals surface area contributed by atoms with Gasteiger partial charge in [0.1, 0.15) is 17.4 Å². The van der Waals surface area contributed by atoms with Crippen molar-refractivity contribution in [1.82, 2.24) is 4.98 Å². The Bertz CT molecular complexity index is 868. The van der Waals surface area contributed by atoms with Crippen molar-refractivity contribution < 1.29 is 15.0 Å². The number of hydrogen-bond donors (Lipinski definition) is 2. The van der Waals surface area contributed by atoms with Gasteiger partial charge in [0.25, 0.3) is 0 Å². The maximum atomic E-state index is 11.1. The van der Waals surface area contributed by atoms with Crippen LogP contribution >= 0.6 is 0 Å². The zero-order valence-corrected chi connectivity index (χ0v) is 12.7. The normalized spacial score (nSPS) is 9.83. The van der Waals surface area contributed by atoms with E-state index in [2.05, 4.69) is 22.9 Å². The summed E-state index contributed by atoms with van der Waals surface area (Å²) in [6.45, 7) is 3.92. The fourth-order valence-electron chi connectivity index (χ4n) is 1.90. The minimum Gasteiger partial charge on any atom is -0.505 e. The van der Waals surface area contributed by atoms with Gasteiger partial charge in [-0.2, -0.15) is 5.26 Å². The van der Waals surface area contributed by atoms with Crippen LogP contribution in [0, 0.1) is 29.1 Å². The number of carbonyl (C=O) groups is 1. The van der Waals surface area contributed by atoms with Crippen molar-refractivity contribution in [2.45, 2.75) is 13.8 Å². The molecule has 0 radical (unpaired) electrons. The lowest BCUT2D eigenvalue weighted by Crippen LogP contribution is -1.99. The van der Waals surface area contributed by atoms with E-state index in [9.17, 15) is 15.2 Å². The van der Waals surface area contributed by atoms with Crippen LogP contribution in [0.1, 0.15) is 35.3 Å². The van der Waals surface area contributed by atoms with Crippen LogP contribution in [0.4, 0.5) is 0 Å². The molecule has 0 aliphatic carbocycles. The van der Waals surface area contributed by atoms with Crippen molar-refractivity contribution in [3.8, 4) is 34.9 Å². The fourth-order valence-corrected chi connectivity index (χ4v) is 1.90. The summed E-state index contributed by atoms with van der Waals surface area (Å²) in [4.78, 5) is 15.1. The van der Waals surface area contributed by atoms with Crippen molar-refractivity contribution in [3.05, 3.63) is 47.2 Å². The number of nitriles is 1. The van der Waals surface area contributed by atoms with Gasteiger partial charge in [-0.05, 0) is 18.2 Å². The second-order valence-corrected chi connectivity index (χ2v) is 5.19. The minimum absolute atomic E-state index is 0.193. The molecule has 114 valence electrons. The number of hydrogen-bond acceptors (Lipinski definition) is 4. The molecule has 1 heterocycles. The number of benzene rings is 1. The van der Waals surface area contributed by atoms with E-state index in [0.29, 0.717) is 22.4 Å². The van der Waals surface area contributed by atoms with Crippen LogP contribution in [-0.4, -0.2) is 21.2 Å². The summed E-state index contributed by atoms with van der Waals surface area (Å²) in [7, 11) is 0. The van der Waals surface area contributed by atoms with Gasteiger partial charge in [-0.3, -0.25) is 4.98 Å². The van der Waals surface area contributed by atoms with Gasteiger partial charge in [0.15, 0.2) is 0 Å². The topological polar surface area (TPSA) is 94.2 Å². The Labute approximate surface area is 133 Å². The lowest BCUT2D eigenvalue weighted by molar-refractivity contribution is 0.0693. The molecule has 23 heavy (non-hydrogen) atoms. The van der Waals surface area contributed by atoms with E-state index in [-0.39, 0.29) is 11.5 Å². The van der Waals surface area contributed by atoms with Crippen molar-refractivity contribution >= 4 is 5.97 Å². The molecule has 1 aromatic heterocycles. The molecule has 2 N–H and O–H groups in total. The first-order valence-corrected chi connectivity index (χ1v) is 6.90. The van der Waals surface area contributed by atoms with Crippen LogP contribution in [-0.2, 0) is 0 Å². The number of carboxylic acid groups (broad SMARTS) is 1. The van der Waals surface area contributed by atoms with Crippen molar-refractivity contribution in [3.63, 3.8) is 0 Å². The molecule has 0 atom stereocenters. The Morgan fingerprint density at radius 1 is 1.26 bits per heavy atom. The first kappa shape index (κ1) is 16.1. The minimum atomic E-state index is -1.24. The Balaban J connectivity index is 2.51. The summed E-state index contributed by atoms with van der Waals surface area (Å²) in [6, 6.07) is 8.39. The maximum Gasteiger partial charge on any atom is 0.339 e. The van der Waals surface area contributed by atoms with Crippen LogP contribution in [0.25, 0.3) is 11.3 Å². The van der Waals surface area contributed by atoms with Crippen LogP contribution in [0.2, 0.25) is 0 Å². The SMILES string of the molecule is CC(C)C#Cc1ccc(-c2cc(C(=O)O)c(O)cn2)cc1C#N. The van der Waals surface area contributed by atoms with Gasteiger partial charge in [0.2, 0.25) is 0 Å². The maximum absolute atomic E-state index is 11.1. The average Bonchev–Trinajstić information content (AvgIpc) is 2.52. The van der Waals surface area contributed by atoms with Crippen molar-refractivity contribution in [1.29, 1.82) is 5.26 Å². The second-order valence-electron chi connectivity index (χ2n) is 5.19. The summed E-state index contributed by atoms with van der Waals surface area (Å²) in [5.74, 6) is 4.50. The first-order chi connectivity index (χ1) is 10.9. The molecule has 1 aromatic carbocycles. The molecule has 5 nitrogen and oxygen atoms in total. The van der Waals surface area contributed by atoms with Crippen LogP contribution in [0.5, 0.6) is 5.75 Å². The van der Waals surface area contributed by atoms with E-state index in [4.69, 9.17) is 5.11 Å². The Kier molecular flexibility index (Phi) is 4.64. The third-order valence-corrected chi connectivity index (χ3v) is 3.04. The lowest BCUT2D eigenvalue weighted by Gasteiger charge is -2.05. The molecule has 0 aliphatic rings. The molecule has 0 amide bonds. The molecule has 0 bridgehead atoms. The number of rotatable bonds is 2. The third kappa shape index (κ3) is 3.66. The number of aromatic hydroxyl groups is 1. The molecule has 2 aromatic rings. The highest BCUT2D eigenvalue weighted by Gasteiger charge is 2.13. The van der Waals surface area contributed by atoms with Crippen LogP contribution in [0.15, 0.2) is 30.5 Å². The monoisotopic (exact) mass is 306 g/mol. The van der Waals surface area contributed by atoms with Gasteiger partial charge >= 0.3 is 5.97 Å². The Morgan fingerprint density at radius 3 is 2.61 bits per heavy atom. The van der Waals surface area contributed by atoms with Crippen LogP contribution < -0.4 is 0 Å². The van der Waals surface area contributed by atoms with Gasteiger partial charge in [-0.1, -0.05) is 31.8 Å². The molecule has 0 saturated carbocycles. The first-order valence-electron chi connectivity index (χ1n) is 6.90. The summed E-state index contributed by atoms with van der Waals surface area (Å²) in [5, 5.41) is 27.8. The highest BCUT2D eigenvalue weighted by molar-refractivity contribution is 5.91. The number of pyridine rings is 1. The predicted molar refractivity (Wildman–Crippen MR) is 84.7 cm³/mol. The number of carboxylic acids is 1. The third-order valence-electron chi connectivity index (χ3n) is 3.04. The van der Waals surface area contributed by atoms with Crippen LogP contribution in [0.3, 0.4) is 0 Å². The standard InChI is InChI=1S/C18H14N2O3/c1-11(2)3-4-12-5-6-13(7-14(12)9-19)16-8-15(18(22)23)17(21)10-20-16/h5-8,10-11,21H,1-2H3,(H,22,23). The van der Waals surface area contributed by atoms with Crippen molar-refractivity contribution in [2.24, 2.45) is 5.92 Å². The van der Waals surface area contributed by atoms with Gasteiger partial charge in [0, 0.05) is 17.0 Å². The smallest absolute Gasteiger partial charge is 0.339 e. The van der Waals surface area contributed by atoms with E-state index >= 15 is 0 Å². The number of nitrogens with zero attached hydrogens (tertiary/aromatic N) is 2. The van der Waals surface area contributed by atoms with E-state index < -0.39 is 11.7 Å². The molecule has 0 spiro atoms. The average molecular weight is 306 g/mol. The quantitative estimate of drug-likeness (QED) is 0.832. The summed E-state index contributed by atoms with van der Waals surface area (Å²) in [5.41, 5.74) is 1.71. The molecule has 5 heteroatoms. The molecule has 0 fully saturated rings. The van der Waals surface area contributed by atoms with Gasteiger partial charge in [0.05, 0.1) is 17.5 Å². The van der Waals surface area contributed by atoms with E-state index in [0.717, 1.165) is 6.20 Å². The molecule has 0 unspecified atom stereocenters. The molecular weight excluding hydrogens is 292 g/mol. The second kappa shape index (κ2) is 6.64. The Morgan fingerprint density at radius 2 is 2.00 bits per heavy atom. The highest BCUT2D eigenvalue weighted by atomic mass is 16.4. The highest BCUT2D eigenvalue weighted by Crippen LogP contribution is 2.25. The predicted octanol–water partition coefficient (Wildman–Crippen LogP) is 3.03. The molecule has 2 rings (SSSR count). The summed E-state index contributed by atoms with van der Waals surface area (Å²) < 4.78 is 0. The molecule has 0 aliphatic heterocycles.